The van der Waals surface area contributed by atoms with Crippen LogP contribution in [0.3, 0.4) is 0 Å². The van der Waals surface area contributed by atoms with E-state index in [1.165, 1.54) is 27.6 Å². The largest absolute Gasteiger partial charge is 0.493 e. The number of benzene rings is 2. The molecule has 0 saturated heterocycles. The minimum Gasteiger partial charge on any atom is -0.493 e. The summed E-state index contributed by atoms with van der Waals surface area (Å²) in [5.74, 6) is 2.71. The fraction of sp³-hybridized carbons (Fsp3) is 0.417. The van der Waals surface area contributed by atoms with Gasteiger partial charge in [-0.05, 0) is 59.7 Å². The van der Waals surface area contributed by atoms with Crippen molar-refractivity contribution in [3.8, 4) is 11.5 Å². The Labute approximate surface area is 163 Å². The first-order chi connectivity index (χ1) is 12.8. The summed E-state index contributed by atoms with van der Waals surface area (Å²) in [5, 5.41) is 1.39. The molecule has 0 bridgehead atoms. The Kier molecular flexibility index (Phi) is 6.95. The molecule has 1 heterocycles. The lowest BCUT2D eigenvalue weighted by Gasteiger charge is -2.11. The highest BCUT2D eigenvalue weighted by atomic mass is 16.5. The zero-order valence-electron chi connectivity index (χ0n) is 18.0. The monoisotopic (exact) mass is 367 g/mol. The molecule has 2 aromatic carbocycles. The number of hydrogen-bond donors (Lipinski definition) is 0. The van der Waals surface area contributed by atoms with Crippen LogP contribution >= 0.6 is 0 Å². The molecule has 0 fully saturated rings. The molecule has 0 saturated carbocycles. The summed E-state index contributed by atoms with van der Waals surface area (Å²) >= 11 is 0. The van der Waals surface area contributed by atoms with Gasteiger partial charge in [-0.2, -0.15) is 0 Å². The third-order valence-corrected chi connectivity index (χ3v) is 4.95. The van der Waals surface area contributed by atoms with Gasteiger partial charge in [-0.3, -0.25) is 0 Å². The summed E-state index contributed by atoms with van der Waals surface area (Å²) in [4.78, 5) is 0. The first-order valence-electron chi connectivity index (χ1n) is 9.56. The van der Waals surface area contributed by atoms with E-state index >= 15 is 0 Å². The lowest BCUT2D eigenvalue weighted by Crippen LogP contribution is -1.93. The zero-order valence-corrected chi connectivity index (χ0v) is 18.0. The van der Waals surface area contributed by atoms with Crippen LogP contribution < -0.4 is 9.47 Å². The van der Waals surface area contributed by atoms with E-state index in [1.807, 2.05) is 12.1 Å². The maximum atomic E-state index is 5.20. The van der Waals surface area contributed by atoms with Crippen LogP contribution in [0, 0.1) is 6.92 Å². The third-order valence-electron chi connectivity index (χ3n) is 4.95. The number of fused-ring (bicyclic) bond motifs is 1. The van der Waals surface area contributed by atoms with Crippen molar-refractivity contribution in [1.29, 1.82) is 0 Å². The second kappa shape index (κ2) is 8.98. The highest BCUT2D eigenvalue weighted by Crippen LogP contribution is 2.30. The van der Waals surface area contributed by atoms with Gasteiger partial charge in [0, 0.05) is 24.1 Å². The molecule has 3 aromatic rings. The maximum Gasteiger partial charge on any atom is 0.160 e. The number of rotatable bonds is 4. The fourth-order valence-electron chi connectivity index (χ4n) is 3.18. The molecule has 0 amide bonds. The van der Waals surface area contributed by atoms with Gasteiger partial charge in [0.05, 0.1) is 14.2 Å². The second-order valence-corrected chi connectivity index (χ2v) is 7.62. The zero-order chi connectivity index (χ0) is 20.1. The van der Waals surface area contributed by atoms with E-state index in [1.54, 1.807) is 14.2 Å². The predicted octanol–water partition coefficient (Wildman–Crippen LogP) is 6.44. The fourth-order valence-corrected chi connectivity index (χ4v) is 3.18. The average molecular weight is 368 g/mol. The minimum absolute atomic E-state index is 0.514. The quantitative estimate of drug-likeness (QED) is 0.530. The molecule has 0 atom stereocenters. The van der Waals surface area contributed by atoms with Crippen molar-refractivity contribution in [1.82, 2.24) is 4.57 Å². The lowest BCUT2D eigenvalue weighted by atomic mass is 10.0. The molecule has 1 aromatic heterocycles. The van der Waals surface area contributed by atoms with Gasteiger partial charge in [0.15, 0.2) is 11.5 Å². The van der Waals surface area contributed by atoms with E-state index in [9.17, 15) is 0 Å². The van der Waals surface area contributed by atoms with Crippen molar-refractivity contribution in [2.24, 2.45) is 7.05 Å². The van der Waals surface area contributed by atoms with E-state index in [2.05, 4.69) is 76.7 Å². The van der Waals surface area contributed by atoms with E-state index in [-0.39, 0.29) is 0 Å². The smallest absolute Gasteiger partial charge is 0.160 e. The predicted molar refractivity (Wildman–Crippen MR) is 115 cm³/mol. The van der Waals surface area contributed by atoms with Gasteiger partial charge in [0.2, 0.25) is 0 Å². The molecule has 0 aliphatic rings. The molecule has 0 aliphatic carbocycles. The summed E-state index contributed by atoms with van der Waals surface area (Å²) < 4.78 is 12.5. The molecule has 3 nitrogen and oxygen atoms in total. The summed E-state index contributed by atoms with van der Waals surface area (Å²) in [6.07, 6.45) is 2.19. The van der Waals surface area contributed by atoms with Gasteiger partial charge in [0.1, 0.15) is 0 Å². The van der Waals surface area contributed by atoms with E-state index in [4.69, 9.17) is 9.47 Å². The highest BCUT2D eigenvalue weighted by molar-refractivity contribution is 5.84. The first-order valence-corrected chi connectivity index (χ1v) is 9.56. The number of nitrogens with zero attached hydrogens (tertiary/aromatic N) is 1. The van der Waals surface area contributed by atoms with Crippen LogP contribution in [0.25, 0.3) is 10.9 Å². The Morgan fingerprint density at radius 3 is 1.89 bits per heavy atom. The summed E-state index contributed by atoms with van der Waals surface area (Å²) in [6, 6.07) is 12.8. The van der Waals surface area contributed by atoms with Crippen LogP contribution in [0.15, 0.2) is 42.6 Å². The van der Waals surface area contributed by atoms with Crippen molar-refractivity contribution in [3.05, 3.63) is 59.3 Å². The van der Waals surface area contributed by atoms with E-state index < -0.39 is 0 Å². The van der Waals surface area contributed by atoms with E-state index in [0.717, 1.165) is 11.5 Å². The second-order valence-electron chi connectivity index (χ2n) is 7.62. The lowest BCUT2D eigenvalue weighted by molar-refractivity contribution is 0.354. The number of ether oxygens (including phenoxy) is 2. The van der Waals surface area contributed by atoms with Gasteiger partial charge in [0.25, 0.3) is 0 Å². The van der Waals surface area contributed by atoms with Crippen LogP contribution in [-0.2, 0) is 7.05 Å². The van der Waals surface area contributed by atoms with Gasteiger partial charge >= 0.3 is 0 Å². The van der Waals surface area contributed by atoms with Gasteiger partial charge in [-0.15, -0.1) is 0 Å². The average Bonchev–Trinajstić information content (AvgIpc) is 2.95. The Hall–Kier alpha value is -2.42. The Morgan fingerprint density at radius 1 is 0.778 bits per heavy atom. The molecule has 3 heteroatoms. The summed E-state index contributed by atoms with van der Waals surface area (Å²) in [7, 11) is 5.40. The number of aryl methyl sites for hydroxylation is 2. The molecular weight excluding hydrogens is 334 g/mol. The molecule has 146 valence electrons. The van der Waals surface area contributed by atoms with Gasteiger partial charge < -0.3 is 14.0 Å². The Morgan fingerprint density at radius 2 is 1.33 bits per heavy atom. The van der Waals surface area contributed by atoms with E-state index in [0.29, 0.717) is 11.8 Å². The normalized spacial score (nSPS) is 10.9. The standard InChI is InChI=1S/C13H17N.C11H16O2/c1-9(2)11-5-6-13-12(7-11)10(3)8-14(13)4;1-8(2)9-5-6-10(12-3)11(7-9)13-4/h5-9H,1-4H3;5-8H,1-4H3. The number of methoxy groups -OCH3 is 2. The van der Waals surface area contributed by atoms with Crippen molar-refractivity contribution in [2.45, 2.75) is 46.5 Å². The van der Waals surface area contributed by atoms with Crippen LogP contribution in [0.4, 0.5) is 0 Å². The third kappa shape index (κ3) is 4.85. The number of hydrogen-bond acceptors (Lipinski definition) is 2. The highest BCUT2D eigenvalue weighted by Gasteiger charge is 2.06. The molecule has 0 aliphatic heterocycles. The van der Waals surface area contributed by atoms with Crippen molar-refractivity contribution in [2.75, 3.05) is 14.2 Å². The van der Waals surface area contributed by atoms with Crippen LogP contribution in [0.2, 0.25) is 0 Å². The minimum atomic E-state index is 0.514. The van der Waals surface area contributed by atoms with Crippen molar-refractivity contribution < 1.29 is 9.47 Å². The molecule has 0 spiro atoms. The van der Waals surface area contributed by atoms with Crippen molar-refractivity contribution >= 4 is 10.9 Å². The van der Waals surface area contributed by atoms with Gasteiger partial charge in [-0.25, -0.2) is 0 Å². The van der Waals surface area contributed by atoms with Gasteiger partial charge in [-0.1, -0.05) is 39.8 Å². The summed E-state index contributed by atoms with van der Waals surface area (Å²) in [5.41, 5.74) is 5.38. The SMILES string of the molecule is COc1ccc(C(C)C)cc1OC.Cc1cn(C)c2ccc(C(C)C)cc12. The molecule has 27 heavy (non-hydrogen) atoms. The van der Waals surface area contributed by atoms with Crippen LogP contribution in [0.1, 0.15) is 56.2 Å². The molecule has 0 unspecified atom stereocenters. The van der Waals surface area contributed by atoms with Crippen LogP contribution in [-0.4, -0.2) is 18.8 Å². The topological polar surface area (TPSA) is 23.4 Å². The first kappa shape index (κ1) is 20.9. The Balaban J connectivity index is 0.000000194. The van der Waals surface area contributed by atoms with Crippen LogP contribution in [0.5, 0.6) is 11.5 Å². The summed E-state index contributed by atoms with van der Waals surface area (Å²) in [6.45, 7) is 11.0. The van der Waals surface area contributed by atoms with Crippen molar-refractivity contribution in [3.63, 3.8) is 0 Å². The Bertz CT molecular complexity index is 891. The maximum absolute atomic E-state index is 5.20. The molecule has 3 rings (SSSR count). The molecular formula is C24H33NO2. The number of aromatic nitrogens is 1. The molecule has 0 radical (unpaired) electrons. The molecule has 0 N–H and O–H groups in total.